The standard InChI is InChI=1S/C12H17Br2NO3/c1-3-18-7-8(16)6-15-11-5-12(17-2)10(14)4-9(11)13/h4-5,8,15-16H,3,6-7H2,1-2H3. The Bertz CT molecular complexity index is 388. The fourth-order valence-electron chi connectivity index (χ4n) is 1.36. The minimum absolute atomic E-state index is 0.328. The van der Waals surface area contributed by atoms with Gasteiger partial charge in [-0.3, -0.25) is 0 Å². The van der Waals surface area contributed by atoms with Crippen molar-refractivity contribution in [1.29, 1.82) is 0 Å². The van der Waals surface area contributed by atoms with Gasteiger partial charge in [-0.2, -0.15) is 0 Å². The molecule has 0 fully saturated rings. The number of aliphatic hydroxyl groups excluding tert-OH is 1. The Morgan fingerprint density at radius 2 is 2.06 bits per heavy atom. The number of anilines is 1. The smallest absolute Gasteiger partial charge is 0.135 e. The number of methoxy groups -OCH3 is 1. The molecule has 1 aromatic carbocycles. The van der Waals surface area contributed by atoms with E-state index in [4.69, 9.17) is 9.47 Å². The predicted octanol–water partition coefficient (Wildman–Crippen LogP) is 3.03. The highest BCUT2D eigenvalue weighted by atomic mass is 79.9. The first-order valence-electron chi connectivity index (χ1n) is 5.61. The van der Waals surface area contributed by atoms with Crippen LogP contribution in [0.1, 0.15) is 6.92 Å². The summed E-state index contributed by atoms with van der Waals surface area (Å²) >= 11 is 6.86. The minimum Gasteiger partial charge on any atom is -0.495 e. The van der Waals surface area contributed by atoms with Crippen molar-refractivity contribution in [3.05, 3.63) is 21.1 Å². The molecule has 0 spiro atoms. The number of hydrogen-bond acceptors (Lipinski definition) is 4. The molecule has 0 aliphatic rings. The molecule has 0 amide bonds. The van der Waals surface area contributed by atoms with Crippen LogP contribution in [0.4, 0.5) is 5.69 Å². The second-order valence-corrected chi connectivity index (χ2v) is 5.37. The molecule has 0 aromatic heterocycles. The number of benzene rings is 1. The molecule has 0 saturated carbocycles. The molecule has 1 atom stereocenters. The van der Waals surface area contributed by atoms with Gasteiger partial charge in [0.2, 0.25) is 0 Å². The molecule has 0 bridgehead atoms. The largest absolute Gasteiger partial charge is 0.495 e. The van der Waals surface area contributed by atoms with Crippen LogP contribution in [0.25, 0.3) is 0 Å². The Balaban J connectivity index is 2.61. The lowest BCUT2D eigenvalue weighted by atomic mass is 10.3. The maximum absolute atomic E-state index is 9.67. The number of nitrogens with one attached hydrogen (secondary N) is 1. The average molecular weight is 383 g/mol. The molecule has 4 nitrogen and oxygen atoms in total. The van der Waals surface area contributed by atoms with E-state index in [1.54, 1.807) is 7.11 Å². The zero-order valence-electron chi connectivity index (χ0n) is 10.4. The highest BCUT2D eigenvalue weighted by Gasteiger charge is 2.09. The van der Waals surface area contributed by atoms with E-state index < -0.39 is 6.10 Å². The van der Waals surface area contributed by atoms with Gasteiger partial charge in [0.05, 0.1) is 30.0 Å². The van der Waals surface area contributed by atoms with Crippen LogP contribution in [-0.4, -0.2) is 38.1 Å². The van der Waals surface area contributed by atoms with Gasteiger partial charge in [0, 0.05) is 23.7 Å². The highest BCUT2D eigenvalue weighted by molar-refractivity contribution is 9.11. The molecule has 102 valence electrons. The molecule has 18 heavy (non-hydrogen) atoms. The van der Waals surface area contributed by atoms with Crippen LogP contribution < -0.4 is 10.1 Å². The van der Waals surface area contributed by atoms with E-state index in [1.165, 1.54) is 0 Å². The maximum atomic E-state index is 9.67. The van der Waals surface area contributed by atoms with E-state index >= 15 is 0 Å². The summed E-state index contributed by atoms with van der Waals surface area (Å²) in [7, 11) is 1.61. The van der Waals surface area contributed by atoms with Gasteiger partial charge < -0.3 is 19.9 Å². The van der Waals surface area contributed by atoms with Crippen molar-refractivity contribution in [3.63, 3.8) is 0 Å². The summed E-state index contributed by atoms with van der Waals surface area (Å²) in [5.74, 6) is 0.736. The van der Waals surface area contributed by atoms with E-state index in [0.29, 0.717) is 19.8 Å². The van der Waals surface area contributed by atoms with Crippen LogP contribution in [0.3, 0.4) is 0 Å². The molecule has 1 unspecified atom stereocenters. The van der Waals surface area contributed by atoms with Gasteiger partial charge in [0.1, 0.15) is 5.75 Å². The van der Waals surface area contributed by atoms with Crippen LogP contribution in [-0.2, 0) is 4.74 Å². The van der Waals surface area contributed by atoms with Crippen molar-refractivity contribution in [2.24, 2.45) is 0 Å². The van der Waals surface area contributed by atoms with E-state index in [1.807, 2.05) is 19.1 Å². The third-order valence-corrected chi connectivity index (χ3v) is 3.56. The molecule has 0 aliphatic heterocycles. The second-order valence-electron chi connectivity index (χ2n) is 3.66. The van der Waals surface area contributed by atoms with Crippen LogP contribution >= 0.6 is 31.9 Å². The molecule has 0 saturated heterocycles. The van der Waals surface area contributed by atoms with Gasteiger partial charge >= 0.3 is 0 Å². The van der Waals surface area contributed by atoms with Crippen molar-refractivity contribution in [3.8, 4) is 5.75 Å². The summed E-state index contributed by atoms with van der Waals surface area (Å²) < 4.78 is 12.1. The molecule has 0 aliphatic carbocycles. The Morgan fingerprint density at radius 3 is 2.67 bits per heavy atom. The lowest BCUT2D eigenvalue weighted by Gasteiger charge is -2.15. The summed E-state index contributed by atoms with van der Waals surface area (Å²) in [5, 5.41) is 12.8. The van der Waals surface area contributed by atoms with Gasteiger partial charge in [-0.15, -0.1) is 0 Å². The average Bonchev–Trinajstić information content (AvgIpc) is 2.35. The molecular weight excluding hydrogens is 366 g/mol. The Kier molecular flexibility index (Phi) is 6.99. The molecular formula is C12H17Br2NO3. The Labute approximate surface area is 124 Å². The summed E-state index contributed by atoms with van der Waals surface area (Å²) in [6, 6.07) is 3.76. The lowest BCUT2D eigenvalue weighted by molar-refractivity contribution is 0.0496. The zero-order valence-corrected chi connectivity index (χ0v) is 13.5. The van der Waals surface area contributed by atoms with Gasteiger partial charge in [-0.05, 0) is 44.8 Å². The summed E-state index contributed by atoms with van der Waals surface area (Å²) in [4.78, 5) is 0. The molecule has 0 radical (unpaired) electrons. The van der Waals surface area contributed by atoms with E-state index in [9.17, 15) is 5.11 Å². The second kappa shape index (κ2) is 7.99. The number of rotatable bonds is 7. The highest BCUT2D eigenvalue weighted by Crippen LogP contribution is 2.34. The SMILES string of the molecule is CCOCC(O)CNc1cc(OC)c(Br)cc1Br. The molecule has 6 heteroatoms. The molecule has 2 N–H and O–H groups in total. The lowest BCUT2D eigenvalue weighted by Crippen LogP contribution is -2.24. The Morgan fingerprint density at radius 1 is 1.33 bits per heavy atom. The van der Waals surface area contributed by atoms with Crippen molar-refractivity contribution < 1.29 is 14.6 Å². The Hall–Kier alpha value is -0.300. The van der Waals surface area contributed by atoms with Crippen molar-refractivity contribution >= 4 is 37.5 Å². The quantitative estimate of drug-likeness (QED) is 0.760. The maximum Gasteiger partial charge on any atom is 0.135 e. The molecule has 0 heterocycles. The number of halogens is 2. The molecule has 1 aromatic rings. The summed E-state index contributed by atoms with van der Waals surface area (Å²) in [5.41, 5.74) is 0.866. The summed E-state index contributed by atoms with van der Waals surface area (Å²) in [6.45, 7) is 3.25. The van der Waals surface area contributed by atoms with Gasteiger partial charge in [-0.1, -0.05) is 0 Å². The van der Waals surface area contributed by atoms with Gasteiger partial charge in [0.15, 0.2) is 0 Å². The van der Waals surface area contributed by atoms with Crippen LogP contribution in [0.15, 0.2) is 21.1 Å². The number of hydrogen-bond donors (Lipinski definition) is 2. The van der Waals surface area contributed by atoms with Crippen LogP contribution in [0.5, 0.6) is 5.75 Å². The first-order chi connectivity index (χ1) is 8.58. The summed E-state index contributed by atoms with van der Waals surface area (Å²) in [6.07, 6.45) is -0.536. The van der Waals surface area contributed by atoms with E-state index in [0.717, 1.165) is 20.4 Å². The van der Waals surface area contributed by atoms with Gasteiger partial charge in [0.25, 0.3) is 0 Å². The predicted molar refractivity (Wildman–Crippen MR) is 79.4 cm³/mol. The number of aliphatic hydroxyl groups is 1. The van der Waals surface area contributed by atoms with Crippen molar-refractivity contribution in [1.82, 2.24) is 0 Å². The fourth-order valence-corrected chi connectivity index (χ4v) is 2.66. The van der Waals surface area contributed by atoms with Crippen LogP contribution in [0.2, 0.25) is 0 Å². The van der Waals surface area contributed by atoms with Crippen molar-refractivity contribution in [2.75, 3.05) is 32.2 Å². The van der Waals surface area contributed by atoms with Crippen LogP contribution in [0, 0.1) is 0 Å². The third-order valence-electron chi connectivity index (χ3n) is 2.28. The van der Waals surface area contributed by atoms with E-state index in [-0.39, 0.29) is 0 Å². The van der Waals surface area contributed by atoms with Gasteiger partial charge in [-0.25, -0.2) is 0 Å². The topological polar surface area (TPSA) is 50.7 Å². The van der Waals surface area contributed by atoms with E-state index in [2.05, 4.69) is 37.2 Å². The minimum atomic E-state index is -0.536. The first-order valence-corrected chi connectivity index (χ1v) is 7.19. The first kappa shape index (κ1) is 15.8. The number of ether oxygens (including phenoxy) is 2. The van der Waals surface area contributed by atoms with Crippen molar-refractivity contribution in [2.45, 2.75) is 13.0 Å². The monoisotopic (exact) mass is 381 g/mol. The fraction of sp³-hybridized carbons (Fsp3) is 0.500. The third kappa shape index (κ3) is 4.76. The normalized spacial score (nSPS) is 12.3. The zero-order chi connectivity index (χ0) is 13.5. The molecule has 1 rings (SSSR count).